The highest BCUT2D eigenvalue weighted by atomic mass is 79.9. The molecule has 0 aromatic heterocycles. The summed E-state index contributed by atoms with van der Waals surface area (Å²) in [6.45, 7) is 0.156. The molecular formula is C15H15BrFNO3. The molecule has 0 heterocycles. The number of allylic oxidation sites excluding steroid dienone is 2. The van der Waals surface area contributed by atoms with Gasteiger partial charge in [-0.05, 0) is 36.6 Å². The van der Waals surface area contributed by atoms with Gasteiger partial charge in [0.15, 0.2) is 0 Å². The predicted molar refractivity (Wildman–Crippen MR) is 78.9 cm³/mol. The van der Waals surface area contributed by atoms with Crippen LogP contribution >= 0.6 is 15.9 Å². The monoisotopic (exact) mass is 355 g/mol. The molecule has 0 spiro atoms. The number of nitrogens with one attached hydrogen (secondary N) is 1. The van der Waals surface area contributed by atoms with E-state index in [0.717, 1.165) is 0 Å². The number of rotatable bonds is 4. The summed E-state index contributed by atoms with van der Waals surface area (Å²) in [5.41, 5.74) is 0.613. The maximum Gasteiger partial charge on any atom is 0.307 e. The summed E-state index contributed by atoms with van der Waals surface area (Å²) in [6.07, 6.45) is 4.37. The van der Waals surface area contributed by atoms with Crippen LogP contribution in [0.5, 0.6) is 0 Å². The molecule has 21 heavy (non-hydrogen) atoms. The van der Waals surface area contributed by atoms with Gasteiger partial charge >= 0.3 is 5.97 Å². The second kappa shape index (κ2) is 6.85. The number of aliphatic carboxylic acids is 1. The van der Waals surface area contributed by atoms with Gasteiger partial charge in [-0.25, -0.2) is 4.39 Å². The van der Waals surface area contributed by atoms with Crippen LogP contribution in [0.1, 0.15) is 18.4 Å². The van der Waals surface area contributed by atoms with E-state index in [-0.39, 0.29) is 18.3 Å². The maximum absolute atomic E-state index is 13.2. The van der Waals surface area contributed by atoms with Gasteiger partial charge in [0.1, 0.15) is 5.82 Å². The molecule has 2 atom stereocenters. The Morgan fingerprint density at radius 3 is 2.62 bits per heavy atom. The molecule has 0 aliphatic heterocycles. The van der Waals surface area contributed by atoms with Gasteiger partial charge in [-0.1, -0.05) is 28.1 Å². The lowest BCUT2D eigenvalue weighted by Crippen LogP contribution is -2.38. The first-order chi connectivity index (χ1) is 9.99. The normalized spacial score (nSPS) is 21.0. The molecule has 1 amide bonds. The van der Waals surface area contributed by atoms with Crippen molar-refractivity contribution in [2.45, 2.75) is 19.4 Å². The number of hydrogen-bond donors (Lipinski definition) is 2. The summed E-state index contributed by atoms with van der Waals surface area (Å²) in [4.78, 5) is 23.3. The van der Waals surface area contributed by atoms with Crippen LogP contribution in [0.15, 0.2) is 34.8 Å². The van der Waals surface area contributed by atoms with Crippen LogP contribution in [0.4, 0.5) is 4.39 Å². The molecule has 2 N–H and O–H groups in total. The van der Waals surface area contributed by atoms with Crippen molar-refractivity contribution in [3.8, 4) is 0 Å². The zero-order valence-corrected chi connectivity index (χ0v) is 12.8. The minimum atomic E-state index is -0.966. The maximum atomic E-state index is 13.2. The van der Waals surface area contributed by atoms with Crippen molar-refractivity contribution in [2.24, 2.45) is 11.8 Å². The largest absolute Gasteiger partial charge is 0.481 e. The second-order valence-electron chi connectivity index (χ2n) is 4.95. The lowest BCUT2D eigenvalue weighted by atomic mass is 9.82. The standard InChI is InChI=1S/C15H15BrFNO3/c16-13-6-5-10(17)7-9(13)8-18-14(19)11-3-1-2-4-12(11)15(20)21/h1-2,5-7,11-12H,3-4,8H2,(H,18,19)(H,20,21). The van der Waals surface area contributed by atoms with E-state index >= 15 is 0 Å². The van der Waals surface area contributed by atoms with Gasteiger partial charge in [0.25, 0.3) is 0 Å². The Hall–Kier alpha value is -1.69. The first-order valence-electron chi connectivity index (χ1n) is 6.58. The van der Waals surface area contributed by atoms with Crippen LogP contribution in [-0.4, -0.2) is 17.0 Å². The first-order valence-corrected chi connectivity index (χ1v) is 7.37. The van der Waals surface area contributed by atoms with Crippen LogP contribution in [0.3, 0.4) is 0 Å². The third-order valence-electron chi connectivity index (χ3n) is 3.55. The Balaban J connectivity index is 2.02. The summed E-state index contributed by atoms with van der Waals surface area (Å²) in [5.74, 6) is -2.95. The topological polar surface area (TPSA) is 66.4 Å². The van der Waals surface area contributed by atoms with Crippen LogP contribution in [0, 0.1) is 17.7 Å². The molecule has 6 heteroatoms. The van der Waals surface area contributed by atoms with Crippen molar-refractivity contribution in [1.29, 1.82) is 0 Å². The summed E-state index contributed by atoms with van der Waals surface area (Å²) < 4.78 is 13.9. The molecule has 1 aromatic carbocycles. The van der Waals surface area contributed by atoms with Gasteiger partial charge < -0.3 is 10.4 Å². The Bertz CT molecular complexity index is 588. The fraction of sp³-hybridized carbons (Fsp3) is 0.333. The molecule has 0 radical (unpaired) electrons. The quantitative estimate of drug-likeness (QED) is 0.816. The van der Waals surface area contributed by atoms with Crippen molar-refractivity contribution < 1.29 is 19.1 Å². The Morgan fingerprint density at radius 1 is 1.29 bits per heavy atom. The predicted octanol–water partition coefficient (Wildman–Crippen LogP) is 2.87. The number of amides is 1. The highest BCUT2D eigenvalue weighted by molar-refractivity contribution is 9.10. The molecule has 0 saturated carbocycles. The van der Waals surface area contributed by atoms with Crippen molar-refractivity contribution in [3.63, 3.8) is 0 Å². The van der Waals surface area contributed by atoms with Crippen LogP contribution in [0.25, 0.3) is 0 Å². The molecule has 0 bridgehead atoms. The van der Waals surface area contributed by atoms with E-state index in [1.54, 1.807) is 12.1 Å². The lowest BCUT2D eigenvalue weighted by molar-refractivity contribution is -0.147. The first kappa shape index (κ1) is 15.7. The van der Waals surface area contributed by atoms with E-state index in [0.29, 0.717) is 22.9 Å². The molecule has 112 valence electrons. The number of halogens is 2. The Labute approximate surface area is 130 Å². The van der Waals surface area contributed by atoms with E-state index in [4.69, 9.17) is 5.11 Å². The summed E-state index contributed by atoms with van der Waals surface area (Å²) >= 11 is 3.29. The van der Waals surface area contributed by atoms with E-state index in [9.17, 15) is 14.0 Å². The summed E-state index contributed by atoms with van der Waals surface area (Å²) in [6, 6.07) is 4.22. The SMILES string of the molecule is O=C(O)C1CC=CCC1C(=O)NCc1cc(F)ccc1Br. The fourth-order valence-electron chi connectivity index (χ4n) is 2.37. The molecule has 1 aliphatic rings. The molecule has 0 saturated heterocycles. The number of carbonyl (C=O) groups excluding carboxylic acids is 1. The number of carbonyl (C=O) groups is 2. The average molecular weight is 356 g/mol. The van der Waals surface area contributed by atoms with E-state index in [1.807, 2.05) is 6.08 Å². The highest BCUT2D eigenvalue weighted by Crippen LogP contribution is 2.26. The van der Waals surface area contributed by atoms with E-state index in [1.165, 1.54) is 12.1 Å². The lowest BCUT2D eigenvalue weighted by Gasteiger charge is -2.24. The van der Waals surface area contributed by atoms with Crippen molar-refractivity contribution >= 4 is 27.8 Å². The molecule has 4 nitrogen and oxygen atoms in total. The minimum Gasteiger partial charge on any atom is -0.481 e. The van der Waals surface area contributed by atoms with Crippen molar-refractivity contribution in [2.75, 3.05) is 0 Å². The van der Waals surface area contributed by atoms with Crippen LogP contribution < -0.4 is 5.32 Å². The summed E-state index contributed by atoms with van der Waals surface area (Å²) in [5, 5.41) is 11.8. The molecule has 2 rings (SSSR count). The van der Waals surface area contributed by atoms with Crippen molar-refractivity contribution in [3.05, 3.63) is 46.2 Å². The molecular weight excluding hydrogens is 341 g/mol. The Kier molecular flexibility index (Phi) is 5.12. The molecule has 0 fully saturated rings. The molecule has 1 aromatic rings. The second-order valence-corrected chi connectivity index (χ2v) is 5.80. The number of carboxylic acids is 1. The average Bonchev–Trinajstić information content (AvgIpc) is 2.47. The molecule has 1 aliphatic carbocycles. The zero-order valence-electron chi connectivity index (χ0n) is 11.2. The third kappa shape index (κ3) is 3.91. The van der Waals surface area contributed by atoms with Gasteiger partial charge in [0, 0.05) is 11.0 Å². The van der Waals surface area contributed by atoms with E-state index in [2.05, 4.69) is 21.2 Å². The van der Waals surface area contributed by atoms with Gasteiger partial charge in [-0.2, -0.15) is 0 Å². The fourth-order valence-corrected chi connectivity index (χ4v) is 2.76. The number of benzene rings is 1. The number of hydrogen-bond acceptors (Lipinski definition) is 2. The van der Waals surface area contributed by atoms with E-state index < -0.39 is 17.8 Å². The third-order valence-corrected chi connectivity index (χ3v) is 4.32. The van der Waals surface area contributed by atoms with Gasteiger partial charge in [-0.15, -0.1) is 0 Å². The zero-order chi connectivity index (χ0) is 15.4. The van der Waals surface area contributed by atoms with Gasteiger partial charge in [0.2, 0.25) is 5.91 Å². The van der Waals surface area contributed by atoms with Crippen molar-refractivity contribution in [1.82, 2.24) is 5.32 Å². The van der Waals surface area contributed by atoms with Crippen LogP contribution in [-0.2, 0) is 16.1 Å². The smallest absolute Gasteiger partial charge is 0.307 e. The summed E-state index contributed by atoms with van der Waals surface area (Å²) in [7, 11) is 0. The highest BCUT2D eigenvalue weighted by Gasteiger charge is 2.33. The van der Waals surface area contributed by atoms with Gasteiger partial charge in [-0.3, -0.25) is 9.59 Å². The number of carboxylic acid groups (broad SMARTS) is 1. The van der Waals surface area contributed by atoms with Gasteiger partial charge in [0.05, 0.1) is 11.8 Å². The molecule has 2 unspecified atom stereocenters. The van der Waals surface area contributed by atoms with Crippen LogP contribution in [0.2, 0.25) is 0 Å². The Morgan fingerprint density at radius 2 is 1.95 bits per heavy atom. The minimum absolute atomic E-state index is 0.156.